The Kier molecular flexibility index (Phi) is 121. The first-order valence-electron chi connectivity index (χ1n) is 1.47. The Morgan fingerprint density at radius 1 is 1.23 bits per heavy atom. The van der Waals surface area contributed by atoms with Gasteiger partial charge >= 0.3 is 118 Å². The van der Waals surface area contributed by atoms with Crippen molar-refractivity contribution in [3.63, 3.8) is 0 Å². The molecular formula is C2H7Na4O6P. The van der Waals surface area contributed by atoms with Crippen molar-refractivity contribution in [1.29, 1.82) is 0 Å². The summed E-state index contributed by atoms with van der Waals surface area (Å²) in [4.78, 5) is 33.1. The van der Waals surface area contributed by atoms with Gasteiger partial charge in [-0.15, -0.1) is 0 Å². The maximum atomic E-state index is 8.89. The van der Waals surface area contributed by atoms with Crippen LogP contribution in [0.1, 0.15) is 6.92 Å². The molecule has 0 aromatic rings. The second-order valence-electron chi connectivity index (χ2n) is 0.729. The molecule has 0 rings (SSSR count). The molecule has 0 heterocycles. The summed E-state index contributed by atoms with van der Waals surface area (Å²) in [5.74, 6) is -1.08. The molecule has 0 aliphatic rings. The summed E-state index contributed by atoms with van der Waals surface area (Å²) in [6.07, 6.45) is 0. The molecule has 0 saturated carbocycles. The van der Waals surface area contributed by atoms with Crippen molar-refractivity contribution in [2.24, 2.45) is 0 Å². The van der Waals surface area contributed by atoms with E-state index in [9.17, 15) is 0 Å². The number of hydrogen-bond acceptors (Lipinski definition) is 5. The quantitative estimate of drug-likeness (QED) is 0.336. The fourth-order valence-electron chi connectivity index (χ4n) is 0. The summed E-state index contributed by atoms with van der Waals surface area (Å²) < 4.78 is 0. The van der Waals surface area contributed by atoms with Crippen LogP contribution in [0.4, 0.5) is 0 Å². The molecule has 0 radical (unpaired) electrons. The van der Waals surface area contributed by atoms with Crippen LogP contribution in [0.3, 0.4) is 0 Å². The smallest absolute Gasteiger partial charge is 0.165 e. The number of carboxylic acid groups (broad SMARTS) is 1. The molecule has 11 heteroatoms. The van der Waals surface area contributed by atoms with Gasteiger partial charge in [-0.2, -0.15) is 8.60 Å². The van der Waals surface area contributed by atoms with E-state index in [0.717, 1.165) is 6.92 Å². The molecule has 0 atom stereocenters. The van der Waals surface area contributed by atoms with E-state index in [0.29, 0.717) is 0 Å². The van der Waals surface area contributed by atoms with Gasteiger partial charge in [0.15, 0.2) is 0 Å². The number of hydrogen-bond donors (Lipinski definition) is 1. The van der Waals surface area contributed by atoms with Crippen molar-refractivity contribution >= 4 is 44.1 Å². The Morgan fingerprint density at radius 2 is 1.23 bits per heavy atom. The van der Waals surface area contributed by atoms with E-state index >= 15 is 0 Å². The maximum absolute atomic E-state index is 8.89. The molecule has 0 bridgehead atoms. The molecule has 0 amide bonds. The van der Waals surface area contributed by atoms with Crippen molar-refractivity contribution in [2.45, 2.75) is 6.92 Å². The Bertz CT molecular complexity index is 66.9. The molecule has 3 N–H and O–H groups in total. The van der Waals surface area contributed by atoms with Crippen LogP contribution >= 0.6 is 8.60 Å². The first kappa shape index (κ1) is 43.7. The van der Waals surface area contributed by atoms with Crippen LogP contribution in [0, 0.1) is 0 Å². The fourth-order valence-corrected chi connectivity index (χ4v) is 0. The van der Waals surface area contributed by atoms with Gasteiger partial charge in [0.25, 0.3) is 0 Å². The van der Waals surface area contributed by atoms with Gasteiger partial charge in [0.1, 0.15) is 0 Å². The zero-order valence-electron chi connectivity index (χ0n) is 7.53. The van der Waals surface area contributed by atoms with E-state index in [1.54, 1.807) is 0 Å². The Hall–Kier alpha value is 3.74. The maximum Gasteiger partial charge on any atom is -0.165 e. The molecular weight excluding hydrogens is 243 g/mol. The Balaban J connectivity index is -0.00000000800. The molecule has 0 aliphatic carbocycles. The number of aliphatic carboxylic acids is 1. The monoisotopic (exact) mass is 250 g/mol. The number of carbonyl (C=O) groups excluding carboxylic acids is 1. The molecule has 6 nitrogen and oxygen atoms in total. The predicted octanol–water partition coefficient (Wildman–Crippen LogP) is -13.8. The van der Waals surface area contributed by atoms with Gasteiger partial charge in [-0.05, 0) is 6.92 Å². The molecule has 0 spiro atoms. The average molecular weight is 250 g/mol. The first-order valence-corrected chi connectivity index (χ1v) is 2.60. The number of carbonyl (C=O) groups is 1. The van der Waals surface area contributed by atoms with Crippen molar-refractivity contribution in [2.75, 3.05) is 0 Å². The molecule has 13 heavy (non-hydrogen) atoms. The second-order valence-corrected chi connectivity index (χ2v) is 1.21. The average Bonchev–Trinajstić information content (AvgIpc) is 1.25. The largest absolute Gasteiger partial charge is 0.820 e. The van der Waals surface area contributed by atoms with E-state index in [-0.39, 0.29) is 124 Å². The molecule has 0 aliphatic heterocycles. The third-order valence-corrected chi connectivity index (χ3v) is 0. The molecule has 60 valence electrons. The molecule has 0 saturated heterocycles. The molecule has 0 aromatic carbocycles. The third-order valence-electron chi connectivity index (χ3n) is 0. The van der Waals surface area contributed by atoms with E-state index in [1.165, 1.54) is 0 Å². The van der Waals surface area contributed by atoms with Gasteiger partial charge in [-0.1, -0.05) is 0 Å². The predicted molar refractivity (Wildman–Crippen MR) is 30.6 cm³/mol. The summed E-state index contributed by atoms with van der Waals surface area (Å²) in [6, 6.07) is 0. The van der Waals surface area contributed by atoms with Crippen molar-refractivity contribution in [3.05, 3.63) is 0 Å². The van der Waals surface area contributed by atoms with Crippen molar-refractivity contribution in [1.82, 2.24) is 0 Å². The van der Waals surface area contributed by atoms with Crippen LogP contribution in [0.5, 0.6) is 0 Å². The summed E-state index contributed by atoms with van der Waals surface area (Å²) in [5, 5.41) is 8.89. The SMILES string of the molecule is CC(=O)[O-].O.[Na+].[Na+].[Na+].[NaH].[O-]P([O-])O. The van der Waals surface area contributed by atoms with Gasteiger partial charge in [0, 0.05) is 5.97 Å². The summed E-state index contributed by atoms with van der Waals surface area (Å²) in [5.41, 5.74) is 0. The normalized spacial score (nSPS) is 4.69. The van der Waals surface area contributed by atoms with Crippen molar-refractivity contribution < 1.29 is 119 Å². The van der Waals surface area contributed by atoms with Crippen LogP contribution < -0.4 is 104 Å². The van der Waals surface area contributed by atoms with Crippen LogP contribution in [-0.4, -0.2) is 45.9 Å². The minimum absolute atomic E-state index is 0. The van der Waals surface area contributed by atoms with Crippen molar-refractivity contribution in [3.8, 4) is 0 Å². The molecule has 0 aromatic heterocycles. The zero-order valence-corrected chi connectivity index (χ0v) is 14.4. The topological polar surface area (TPSA) is 138 Å². The minimum atomic E-state index is -3.12. The fraction of sp³-hybridized carbons (Fsp3) is 0.500. The minimum Gasteiger partial charge on any atom is -0.820 e. The van der Waals surface area contributed by atoms with E-state index in [4.69, 9.17) is 24.6 Å². The molecule has 0 unspecified atom stereocenters. The molecule has 0 fully saturated rings. The van der Waals surface area contributed by atoms with E-state index < -0.39 is 14.6 Å². The number of rotatable bonds is 0. The van der Waals surface area contributed by atoms with Crippen LogP contribution in [0.25, 0.3) is 0 Å². The summed E-state index contributed by atoms with van der Waals surface area (Å²) >= 11 is 0. The number of carboxylic acids is 1. The summed E-state index contributed by atoms with van der Waals surface area (Å²) in [7, 11) is -3.12. The van der Waals surface area contributed by atoms with Gasteiger partial charge in [0.2, 0.25) is 0 Å². The second kappa shape index (κ2) is 36.0. The summed E-state index contributed by atoms with van der Waals surface area (Å²) in [6.45, 7) is 0.972. The first-order chi connectivity index (χ1) is 3.46. The zero-order chi connectivity index (χ0) is 7.15. The van der Waals surface area contributed by atoms with Gasteiger partial charge < -0.3 is 30.1 Å². The Labute approximate surface area is 166 Å². The Morgan fingerprint density at radius 3 is 1.23 bits per heavy atom. The van der Waals surface area contributed by atoms with Crippen LogP contribution in [0.2, 0.25) is 0 Å². The van der Waals surface area contributed by atoms with E-state index in [1.807, 2.05) is 0 Å². The van der Waals surface area contributed by atoms with Gasteiger partial charge in [-0.3, -0.25) is 0 Å². The van der Waals surface area contributed by atoms with Gasteiger partial charge in [0.05, 0.1) is 0 Å². The van der Waals surface area contributed by atoms with Crippen LogP contribution in [-0.2, 0) is 4.79 Å². The van der Waals surface area contributed by atoms with Gasteiger partial charge in [-0.25, -0.2) is 0 Å². The standard InChI is InChI=1S/C2H4O2.4Na.HO3P.H2O.H/c1-2(3)4;;;;;1-4(2)3;;/h1H3,(H,3,4);;;;;1H;1H2;/q;;3*+1;-2;;/p-1. The third kappa shape index (κ3) is 212. The van der Waals surface area contributed by atoms with Crippen LogP contribution in [0.15, 0.2) is 0 Å². The van der Waals surface area contributed by atoms with E-state index in [2.05, 4.69) is 0 Å².